The molecule has 8 nitrogen and oxygen atoms in total. The van der Waals surface area contributed by atoms with Gasteiger partial charge in [-0.3, -0.25) is 4.79 Å². The van der Waals surface area contributed by atoms with Gasteiger partial charge in [0.1, 0.15) is 28.8 Å². The number of nitrogens with one attached hydrogen (secondary N) is 2. The number of amides is 3. The van der Waals surface area contributed by atoms with Gasteiger partial charge in [-0.2, -0.15) is 0 Å². The number of halogens is 1. The number of benzene rings is 3. The van der Waals surface area contributed by atoms with Crippen LogP contribution in [-0.2, 0) is 0 Å². The topological polar surface area (TPSA) is 100 Å². The molecule has 0 spiro atoms. The van der Waals surface area contributed by atoms with E-state index in [1.165, 1.54) is 24.3 Å². The number of carbonyl (C=O) groups is 2. The van der Waals surface area contributed by atoms with Gasteiger partial charge in [-0.1, -0.05) is 12.8 Å². The van der Waals surface area contributed by atoms with Crippen LogP contribution in [0.2, 0.25) is 0 Å². The minimum absolute atomic E-state index is 0.0792. The number of likely N-dealkylation sites (tertiary alicyclic amines) is 1. The molecule has 1 aliphatic carbocycles. The van der Waals surface area contributed by atoms with Crippen molar-refractivity contribution in [1.29, 1.82) is 0 Å². The lowest BCUT2D eigenvalue weighted by Gasteiger charge is -2.47. The van der Waals surface area contributed by atoms with Gasteiger partial charge in [0.25, 0.3) is 5.91 Å². The SMILES string of the molecule is CNC(=O)c1ccc(Oc2cc(NC(=O)N3CC[C@@]4(O)CCCC[C@H]4C3)cc(Oc3ccc(F)cc3)c2)cc1. The molecule has 204 valence electrons. The first-order valence-electron chi connectivity index (χ1n) is 13.2. The number of urea groups is 1. The Hall–Kier alpha value is -4.11. The number of hydrogen-bond acceptors (Lipinski definition) is 5. The zero-order chi connectivity index (χ0) is 27.4. The van der Waals surface area contributed by atoms with E-state index in [0.717, 1.165) is 25.7 Å². The summed E-state index contributed by atoms with van der Waals surface area (Å²) in [5.74, 6) is 1.20. The second-order valence-corrected chi connectivity index (χ2v) is 10.1. The lowest BCUT2D eigenvalue weighted by molar-refractivity contribution is -0.0863. The molecule has 2 aliphatic rings. The van der Waals surface area contributed by atoms with E-state index < -0.39 is 5.60 Å². The van der Waals surface area contributed by atoms with Gasteiger partial charge < -0.3 is 30.1 Å². The van der Waals surface area contributed by atoms with E-state index in [0.29, 0.717) is 53.8 Å². The molecule has 0 bridgehead atoms. The molecule has 3 aromatic rings. The van der Waals surface area contributed by atoms with E-state index in [1.807, 2.05) is 0 Å². The molecule has 3 aromatic carbocycles. The molecule has 0 radical (unpaired) electrons. The van der Waals surface area contributed by atoms with Crippen LogP contribution in [0.5, 0.6) is 23.0 Å². The number of rotatable bonds is 6. The molecular weight excluding hydrogens is 501 g/mol. The van der Waals surface area contributed by atoms with Gasteiger partial charge in [-0.15, -0.1) is 0 Å². The molecule has 3 amide bonds. The standard InChI is InChI=1S/C30H32FN3O5/c1-32-28(35)20-5-9-24(10-6-20)38-26-16-23(17-27(18-26)39-25-11-7-22(31)8-12-25)33-29(36)34-15-14-30(37)13-3-2-4-21(30)19-34/h5-12,16-18,21,37H,2-4,13-15,19H2,1H3,(H,32,35)(H,33,36)/t21-,30-/m0/s1. The highest BCUT2D eigenvalue weighted by atomic mass is 19.1. The number of fused-ring (bicyclic) bond motifs is 1. The number of hydrogen-bond donors (Lipinski definition) is 3. The Balaban J connectivity index is 1.35. The monoisotopic (exact) mass is 533 g/mol. The number of piperidine rings is 1. The molecule has 2 fully saturated rings. The highest BCUT2D eigenvalue weighted by Gasteiger charge is 2.43. The average Bonchev–Trinajstić information content (AvgIpc) is 2.93. The van der Waals surface area contributed by atoms with Crippen molar-refractivity contribution in [2.24, 2.45) is 5.92 Å². The van der Waals surface area contributed by atoms with Gasteiger partial charge in [0.15, 0.2) is 0 Å². The fourth-order valence-corrected chi connectivity index (χ4v) is 5.31. The molecule has 1 heterocycles. The Morgan fingerprint density at radius 2 is 1.56 bits per heavy atom. The summed E-state index contributed by atoms with van der Waals surface area (Å²) in [5, 5.41) is 16.5. The second kappa shape index (κ2) is 11.3. The Kier molecular flexibility index (Phi) is 7.70. The maximum atomic E-state index is 13.4. The third-order valence-corrected chi connectivity index (χ3v) is 7.47. The Morgan fingerprint density at radius 1 is 0.923 bits per heavy atom. The van der Waals surface area contributed by atoms with Gasteiger partial charge in [0, 0.05) is 55.5 Å². The first-order chi connectivity index (χ1) is 18.8. The summed E-state index contributed by atoms with van der Waals surface area (Å²) in [7, 11) is 1.56. The van der Waals surface area contributed by atoms with Crippen molar-refractivity contribution in [3.05, 3.63) is 78.1 Å². The van der Waals surface area contributed by atoms with Gasteiger partial charge in [0.05, 0.1) is 5.60 Å². The van der Waals surface area contributed by atoms with Crippen LogP contribution in [0, 0.1) is 11.7 Å². The van der Waals surface area contributed by atoms with Crippen LogP contribution in [0.1, 0.15) is 42.5 Å². The molecule has 0 aromatic heterocycles. The highest BCUT2D eigenvalue weighted by Crippen LogP contribution is 2.40. The largest absolute Gasteiger partial charge is 0.457 e. The molecule has 1 saturated carbocycles. The Morgan fingerprint density at radius 3 is 2.21 bits per heavy atom. The summed E-state index contributed by atoms with van der Waals surface area (Å²) in [5.41, 5.74) is 0.283. The second-order valence-electron chi connectivity index (χ2n) is 10.1. The molecule has 9 heteroatoms. The van der Waals surface area contributed by atoms with Crippen molar-refractivity contribution in [1.82, 2.24) is 10.2 Å². The minimum atomic E-state index is -0.674. The van der Waals surface area contributed by atoms with Gasteiger partial charge in [0.2, 0.25) is 0 Å². The summed E-state index contributed by atoms with van der Waals surface area (Å²) in [6.45, 7) is 0.987. The lowest BCUT2D eigenvalue weighted by Crippen LogP contribution is -2.55. The van der Waals surface area contributed by atoms with Crippen molar-refractivity contribution in [2.75, 3.05) is 25.5 Å². The summed E-state index contributed by atoms with van der Waals surface area (Å²) in [4.78, 5) is 26.8. The zero-order valence-corrected chi connectivity index (χ0v) is 21.8. The van der Waals surface area contributed by atoms with E-state index >= 15 is 0 Å². The summed E-state index contributed by atoms with van der Waals surface area (Å²) in [6, 6.07) is 17.0. The predicted octanol–water partition coefficient (Wildman–Crippen LogP) is 5.93. The van der Waals surface area contributed by atoms with Crippen molar-refractivity contribution < 1.29 is 28.6 Å². The third kappa shape index (κ3) is 6.31. The Bertz CT molecular complexity index is 1330. The summed E-state index contributed by atoms with van der Waals surface area (Å²) < 4.78 is 25.3. The highest BCUT2D eigenvalue weighted by molar-refractivity contribution is 5.94. The zero-order valence-electron chi connectivity index (χ0n) is 21.8. The van der Waals surface area contributed by atoms with Crippen molar-refractivity contribution in [3.63, 3.8) is 0 Å². The number of nitrogens with zero attached hydrogens (tertiary/aromatic N) is 1. The molecule has 3 N–H and O–H groups in total. The van der Waals surface area contributed by atoms with E-state index in [-0.39, 0.29) is 23.7 Å². The predicted molar refractivity (Wildman–Crippen MR) is 145 cm³/mol. The molecule has 5 rings (SSSR count). The van der Waals surface area contributed by atoms with E-state index in [2.05, 4.69) is 10.6 Å². The number of aliphatic hydroxyl groups is 1. The first-order valence-corrected chi connectivity index (χ1v) is 13.2. The lowest BCUT2D eigenvalue weighted by atomic mass is 9.71. The maximum absolute atomic E-state index is 13.4. The van der Waals surface area contributed by atoms with E-state index in [9.17, 15) is 19.1 Å². The number of carbonyl (C=O) groups excluding carboxylic acids is 2. The smallest absolute Gasteiger partial charge is 0.321 e. The van der Waals surface area contributed by atoms with Gasteiger partial charge in [-0.05, 0) is 67.8 Å². The number of ether oxygens (including phenoxy) is 2. The Labute approximate surface area is 226 Å². The van der Waals surface area contributed by atoms with Crippen molar-refractivity contribution >= 4 is 17.6 Å². The van der Waals surface area contributed by atoms with E-state index in [1.54, 1.807) is 54.4 Å². The average molecular weight is 534 g/mol. The minimum Gasteiger partial charge on any atom is -0.457 e. The van der Waals surface area contributed by atoms with Gasteiger partial charge >= 0.3 is 6.03 Å². The van der Waals surface area contributed by atoms with Crippen LogP contribution in [0.25, 0.3) is 0 Å². The summed E-state index contributed by atoms with van der Waals surface area (Å²) >= 11 is 0. The quantitative estimate of drug-likeness (QED) is 0.365. The molecule has 1 aliphatic heterocycles. The third-order valence-electron chi connectivity index (χ3n) is 7.47. The van der Waals surface area contributed by atoms with Crippen molar-refractivity contribution in [3.8, 4) is 23.0 Å². The van der Waals surface area contributed by atoms with Crippen LogP contribution in [0.3, 0.4) is 0 Å². The van der Waals surface area contributed by atoms with E-state index in [4.69, 9.17) is 9.47 Å². The van der Waals surface area contributed by atoms with Crippen LogP contribution in [0.15, 0.2) is 66.7 Å². The molecule has 2 atom stereocenters. The van der Waals surface area contributed by atoms with Crippen LogP contribution >= 0.6 is 0 Å². The maximum Gasteiger partial charge on any atom is 0.321 e. The summed E-state index contributed by atoms with van der Waals surface area (Å²) in [6.07, 6.45) is 4.37. The van der Waals surface area contributed by atoms with Crippen LogP contribution < -0.4 is 20.1 Å². The normalized spacial score (nSPS) is 20.5. The molecular formula is C30H32FN3O5. The van der Waals surface area contributed by atoms with Crippen LogP contribution in [-0.4, -0.2) is 47.7 Å². The molecule has 39 heavy (non-hydrogen) atoms. The van der Waals surface area contributed by atoms with Crippen molar-refractivity contribution in [2.45, 2.75) is 37.7 Å². The first kappa shape index (κ1) is 26.5. The fourth-order valence-electron chi connectivity index (χ4n) is 5.31. The number of anilines is 1. The molecule has 0 unspecified atom stereocenters. The van der Waals surface area contributed by atoms with Gasteiger partial charge in [-0.25, -0.2) is 9.18 Å². The van der Waals surface area contributed by atoms with Crippen LogP contribution in [0.4, 0.5) is 14.9 Å². The molecule has 1 saturated heterocycles. The fraction of sp³-hybridized carbons (Fsp3) is 0.333.